The molecule has 0 radical (unpaired) electrons. The minimum atomic E-state index is -5.18. The zero-order valence-corrected chi connectivity index (χ0v) is 78.8. The number of fused-ring (bicyclic) bond motifs is 2. The minimum Gasteiger partial charge on any atom is -0.603 e. The van der Waals surface area contributed by atoms with Gasteiger partial charge < -0.3 is 62.0 Å². The number of likely N-dealkylation sites (tertiary alicyclic amines) is 2. The van der Waals surface area contributed by atoms with E-state index >= 15 is 0 Å². The summed E-state index contributed by atoms with van der Waals surface area (Å²) in [5, 5.41) is 34.5. The number of nitrogens with zero attached hydrogens (tertiary/aromatic N) is 5. The lowest BCUT2D eigenvalue weighted by molar-refractivity contribution is -0.800. The Hall–Kier alpha value is -15.8. The van der Waals surface area contributed by atoms with Crippen molar-refractivity contribution in [1.29, 1.82) is 5.26 Å². The van der Waals surface area contributed by atoms with Crippen molar-refractivity contribution in [2.75, 3.05) is 60.0 Å². The number of piperidine rings is 2. The Labute approximate surface area is 788 Å². The van der Waals surface area contributed by atoms with Crippen LogP contribution in [0.2, 0.25) is 0 Å². The number of hydrogen-bond donors (Lipinski definition) is 7. The Kier molecular flexibility index (Phi) is 46.7. The number of terminal acetylenes is 1. The molecule has 6 aliphatic rings. The summed E-state index contributed by atoms with van der Waals surface area (Å²) < 4.78 is 113. The summed E-state index contributed by atoms with van der Waals surface area (Å²) in [6.45, 7) is 32.2. The van der Waals surface area contributed by atoms with Crippen LogP contribution in [-0.4, -0.2) is 196 Å². The van der Waals surface area contributed by atoms with Gasteiger partial charge >= 0.3 is 34.4 Å². The van der Waals surface area contributed by atoms with Gasteiger partial charge in [0, 0.05) is 187 Å². The highest BCUT2D eigenvalue weighted by Gasteiger charge is 2.71. The van der Waals surface area contributed by atoms with Gasteiger partial charge in [0.15, 0.2) is 6.08 Å². The molecule has 2 saturated carbocycles. The van der Waals surface area contributed by atoms with Crippen LogP contribution in [0.25, 0.3) is 0 Å². The van der Waals surface area contributed by atoms with Crippen LogP contribution in [0.4, 0.5) is 26.3 Å². The van der Waals surface area contributed by atoms with E-state index < -0.39 is 129 Å². The Morgan fingerprint density at radius 1 is 0.519 bits per heavy atom. The van der Waals surface area contributed by atoms with Crippen molar-refractivity contribution in [2.24, 2.45) is 67.3 Å². The molecule has 4 saturated heterocycles. The van der Waals surface area contributed by atoms with E-state index in [9.17, 15) is 88.3 Å². The predicted molar refractivity (Wildman–Crippen MR) is 490 cm³/mol. The van der Waals surface area contributed by atoms with E-state index in [1.807, 2.05) is 54.5 Å². The van der Waals surface area contributed by atoms with Crippen LogP contribution in [0, 0.1) is 318 Å². The summed E-state index contributed by atoms with van der Waals surface area (Å²) in [5.41, 5.74) is 2.80. The van der Waals surface area contributed by atoms with E-state index in [0.29, 0.717) is 45.6 Å². The number of methoxy groups -OCH3 is 2. The molecular weight excluding hydrogens is 1760 g/mol. The molecule has 9 amide bonds. The second-order valence-electron chi connectivity index (χ2n) is 33.6. The van der Waals surface area contributed by atoms with E-state index in [-0.39, 0.29) is 81.7 Å². The zero-order valence-electron chi connectivity index (χ0n) is 78.0. The first kappa shape index (κ1) is 115. The monoisotopic (exact) mass is 1860 g/mol. The largest absolute Gasteiger partial charge is 0.603 e. The SMILES string of the molecule is C#CC#CC#CC#CC#CC#CC#CC#CC#CC#CC#CC#CC#CC#CC#CC#CC#CC#CC#CC#CC#CC.CC(C)(C)[C@H](NC(=O)C(F)(F)F)C(=O)N1C[C@H]2[C@@H]([C@H]1C(=O)N[C@@H](C[C@@H]1CCNC1=O)C(N)=O)C2(C)C.CC(C)(C)[C@H](NC(=O)C(F)(F)F)C(=O)N1C[C@H]2[C@@H]([C@H]1C(=O)N[C@H](C#N)C[C@@H]1CCNC1=O)C2(C)C.CC[N+](CC)(CC)S(=O)(=O)N=C([O-])OC.COC(C)(C)C. The Morgan fingerprint density at radius 2 is 0.800 bits per heavy atom. The number of hydrogen-bond acceptors (Lipinski definition) is 15. The topological polar surface area (TPSA) is 370 Å². The fourth-order valence-electron chi connectivity index (χ4n) is 13.5. The Bertz CT molecular complexity index is 6190. The van der Waals surface area contributed by atoms with Crippen LogP contribution in [-0.2, 0) is 62.8 Å². The van der Waals surface area contributed by atoms with Gasteiger partial charge in [-0.15, -0.1) is 14.8 Å². The molecule has 0 aromatic heterocycles. The first-order chi connectivity index (χ1) is 63.2. The molecule has 0 unspecified atom stereocenters. The number of nitrogens with one attached hydrogen (secondary N) is 6. The van der Waals surface area contributed by atoms with Crippen molar-refractivity contribution in [2.45, 2.75) is 198 Å². The van der Waals surface area contributed by atoms with E-state index in [1.165, 1.54) is 51.3 Å². The second-order valence-corrected chi connectivity index (χ2v) is 35.5. The van der Waals surface area contributed by atoms with Gasteiger partial charge in [0.05, 0.1) is 31.3 Å². The fourth-order valence-corrected chi connectivity index (χ4v) is 14.9. The summed E-state index contributed by atoms with van der Waals surface area (Å²) in [6.07, 6.45) is -5.34. The minimum absolute atomic E-state index is 0.00266. The van der Waals surface area contributed by atoms with E-state index in [4.69, 9.17) is 16.9 Å². The summed E-state index contributed by atoms with van der Waals surface area (Å²) in [4.78, 5) is 115. The number of ether oxygens (including phenoxy) is 2. The quantitative estimate of drug-likeness (QED) is 0.0341. The van der Waals surface area contributed by atoms with Gasteiger partial charge in [-0.2, -0.15) is 35.5 Å². The summed E-state index contributed by atoms with van der Waals surface area (Å²) >= 11 is 0. The lowest BCUT2D eigenvalue weighted by atomic mass is 9.85. The highest BCUT2D eigenvalue weighted by molar-refractivity contribution is 7.84. The van der Waals surface area contributed by atoms with Gasteiger partial charge in [-0.1, -0.05) is 79.6 Å². The van der Waals surface area contributed by atoms with E-state index in [1.54, 1.807) is 45.4 Å². The smallest absolute Gasteiger partial charge is 0.471 e. The number of nitriles is 1. The molecule has 4 heterocycles. The lowest BCUT2D eigenvalue weighted by Gasteiger charge is -2.38. The third-order valence-corrected chi connectivity index (χ3v) is 23.2. The number of carbonyl (C=O) groups excluding carboxylic acids is 9. The molecule has 8 N–H and O–H groups in total. The van der Waals surface area contributed by atoms with Crippen molar-refractivity contribution in [3.8, 4) is 255 Å². The third kappa shape index (κ3) is 39.0. The molecule has 0 spiro atoms. The van der Waals surface area contributed by atoms with Gasteiger partial charge in [-0.25, -0.2) is 0 Å². The highest BCUT2D eigenvalue weighted by atomic mass is 32.2. The van der Waals surface area contributed by atoms with Gasteiger partial charge in [-0.05, 0) is 221 Å². The molecule has 6 fully saturated rings. The maximum atomic E-state index is 13.5. The van der Waals surface area contributed by atoms with Crippen LogP contribution in [0.1, 0.15) is 143 Å². The average molecular weight is 1860 g/mol. The normalized spacial score (nSPS) is 18.4. The van der Waals surface area contributed by atoms with Gasteiger partial charge in [0.25, 0.3) is 0 Å². The second kappa shape index (κ2) is 54.8. The molecular formula is C102H100F6N12O14S. The number of quaternary nitrogens is 1. The van der Waals surface area contributed by atoms with Gasteiger partial charge in [-0.3, -0.25) is 43.2 Å². The molecule has 2 aliphatic carbocycles. The third-order valence-electron chi connectivity index (χ3n) is 21.1. The number of primary amides is 1. The van der Waals surface area contributed by atoms with Crippen molar-refractivity contribution < 1.29 is 96.4 Å². The Morgan fingerprint density at radius 3 is 1.03 bits per heavy atom. The van der Waals surface area contributed by atoms with Crippen molar-refractivity contribution in [1.82, 2.24) is 41.7 Å². The molecule has 4 aliphatic heterocycles. The van der Waals surface area contributed by atoms with Crippen LogP contribution < -0.4 is 42.7 Å². The molecule has 6 rings (SSSR count). The number of nitrogens with two attached hydrogens (primary N) is 1. The van der Waals surface area contributed by atoms with E-state index in [0.717, 1.165) is 7.11 Å². The summed E-state index contributed by atoms with van der Waals surface area (Å²) in [7, 11) is -1.05. The number of rotatable bonds is 18. The molecule has 700 valence electrons. The molecule has 26 nitrogen and oxygen atoms in total. The summed E-state index contributed by atoms with van der Waals surface area (Å²) in [6, 6.07) is -5.25. The maximum absolute atomic E-state index is 13.5. The fraction of sp³-hybridized carbons (Fsp3) is 0.480. The van der Waals surface area contributed by atoms with E-state index in [2.05, 4.69) is 273 Å². The maximum Gasteiger partial charge on any atom is 0.471 e. The molecule has 33 heteroatoms. The zero-order chi connectivity index (χ0) is 102. The molecule has 12 atom stereocenters. The first-order valence-corrected chi connectivity index (χ1v) is 42.7. The first-order valence-electron chi connectivity index (χ1n) is 41.3. The average Bonchev–Trinajstić information content (AvgIpc) is 1.53. The van der Waals surface area contributed by atoms with Crippen LogP contribution in [0.15, 0.2) is 4.40 Å². The van der Waals surface area contributed by atoms with Gasteiger partial charge in [0.1, 0.15) is 36.3 Å². The lowest BCUT2D eigenvalue weighted by Crippen LogP contribution is -2.61. The summed E-state index contributed by atoms with van der Waals surface area (Å²) in [5.74, 6) is 91.7. The van der Waals surface area contributed by atoms with Crippen LogP contribution in [0.3, 0.4) is 0 Å². The van der Waals surface area contributed by atoms with Crippen LogP contribution in [0.5, 0.6) is 0 Å². The standard InChI is InChI=1S/C43H4.C23H34F3N5O5.C23H32F3N5O4.C8H18N2O4S.C5H12O/c1-3-5-7-9-11-13-15-17-19-21-23-25-27-29-31-33-35-37-39-41-43-42-40-38-36-34-32-30-28-26-24-22-20-18-16-14-12-10-8-6-4-2;1-21(2,3)15(30-20(36)23(24,25)26)19(35)31-9-11-13(22(11,4)5)14(31)18(34)29-12(16(27)32)8-10-6-7-28-17(10)33;1-21(2,3)16(30-20(35)23(24,25)26)19(34)31-10-13-14(22(13,4)5)15(31)18(33)29-12(9-27)8-11-6-7-28-17(11)32;1-5-10(6-2,7-3)15(12,13)9-8(11)14-4;1-5(2,3)6-4/h1H,2H3;10-15H,6-9H2,1-5H3,(H2,27,32)(H,28,33)(H,29,34)(H,30,36);11-16H,6-8,10H2,1-5H3,(H,28,32)(H,29,33)(H,30,35);5-7H2,1-4H3;1-4H3/t;10-,11-,12-,13-,14-,15+;11-,12-,13-,14-,15-,16+;;/m.00../s1. The number of alkyl halides is 6. The number of amides is 9. The molecule has 0 aromatic rings. The number of halogens is 6. The van der Waals surface area contributed by atoms with Gasteiger partial charge in [0.2, 0.25) is 41.4 Å². The van der Waals surface area contributed by atoms with Crippen LogP contribution >= 0.6 is 0 Å². The number of carbonyl (C=O) groups is 9. The van der Waals surface area contributed by atoms with Crippen molar-refractivity contribution in [3.63, 3.8) is 0 Å². The Balaban J connectivity index is 0.000000619. The van der Waals surface area contributed by atoms with Crippen molar-refractivity contribution in [3.05, 3.63) is 0 Å². The molecule has 0 bridgehead atoms. The van der Waals surface area contributed by atoms with Crippen molar-refractivity contribution >= 4 is 69.5 Å². The predicted octanol–water partition coefficient (Wildman–Crippen LogP) is 2.77. The molecule has 0 aromatic carbocycles. The molecule has 135 heavy (non-hydrogen) atoms. The highest BCUT2D eigenvalue weighted by Crippen LogP contribution is 2.66.